The standard InChI is InChI=1S/C33H30N2O5/c1-21(2)30(33(38)39-3)35-20-25-10-9-24(19-29(25)32(35)37)22-11-15-26(16-12-22)34-31(36)23-13-17-28(18-14-23)40-27-7-5-4-6-8-27/h4-19,21,30H,20H2,1-3H3,(H,34,36)/t30-/m0/s1. The van der Waals surface area contributed by atoms with Gasteiger partial charge in [0, 0.05) is 23.4 Å². The second-order valence-electron chi connectivity index (χ2n) is 9.99. The molecule has 4 aromatic rings. The van der Waals surface area contributed by atoms with Gasteiger partial charge in [0.2, 0.25) is 0 Å². The Labute approximate surface area is 233 Å². The quantitative estimate of drug-likeness (QED) is 0.259. The maximum Gasteiger partial charge on any atom is 0.328 e. The second-order valence-corrected chi connectivity index (χ2v) is 9.99. The van der Waals surface area contributed by atoms with Gasteiger partial charge in [0.25, 0.3) is 11.8 Å². The number of ether oxygens (including phenoxy) is 2. The van der Waals surface area contributed by atoms with Gasteiger partial charge in [0.1, 0.15) is 17.5 Å². The SMILES string of the molecule is COC(=O)[C@H](C(C)C)N1Cc2ccc(-c3ccc(NC(=O)c4ccc(Oc5ccccc5)cc4)cc3)cc2C1=O. The van der Waals surface area contributed by atoms with Gasteiger partial charge in [-0.3, -0.25) is 9.59 Å². The molecule has 1 aliphatic heterocycles. The summed E-state index contributed by atoms with van der Waals surface area (Å²) < 4.78 is 10.7. The highest BCUT2D eigenvalue weighted by molar-refractivity contribution is 6.04. The third-order valence-corrected chi connectivity index (χ3v) is 6.92. The summed E-state index contributed by atoms with van der Waals surface area (Å²) >= 11 is 0. The third kappa shape index (κ3) is 5.59. The molecule has 0 aliphatic carbocycles. The number of hydrogen-bond donors (Lipinski definition) is 1. The number of carbonyl (C=O) groups excluding carboxylic acids is 3. The first-order valence-electron chi connectivity index (χ1n) is 13.1. The summed E-state index contributed by atoms with van der Waals surface area (Å²) in [5.41, 5.74) is 4.41. The Kier molecular flexibility index (Phi) is 7.64. The zero-order chi connectivity index (χ0) is 28.2. The van der Waals surface area contributed by atoms with E-state index in [1.165, 1.54) is 7.11 Å². The highest BCUT2D eigenvalue weighted by atomic mass is 16.5. The van der Waals surface area contributed by atoms with E-state index in [2.05, 4.69) is 5.32 Å². The predicted molar refractivity (Wildman–Crippen MR) is 153 cm³/mol. The van der Waals surface area contributed by atoms with E-state index < -0.39 is 12.0 Å². The van der Waals surface area contributed by atoms with Gasteiger partial charge < -0.3 is 19.7 Å². The molecule has 1 N–H and O–H groups in total. The molecule has 7 nitrogen and oxygen atoms in total. The number of anilines is 1. The van der Waals surface area contributed by atoms with E-state index in [0.29, 0.717) is 29.1 Å². The Balaban J connectivity index is 1.25. The molecule has 0 radical (unpaired) electrons. The summed E-state index contributed by atoms with van der Waals surface area (Å²) in [5, 5.41) is 2.92. The maximum atomic E-state index is 13.2. The Morgan fingerprint density at radius 1 is 0.825 bits per heavy atom. The van der Waals surface area contributed by atoms with Crippen LogP contribution in [0.25, 0.3) is 11.1 Å². The summed E-state index contributed by atoms with van der Waals surface area (Å²) in [6, 6.07) is 29.0. The number of benzene rings is 4. The zero-order valence-corrected chi connectivity index (χ0v) is 22.6. The van der Waals surface area contributed by atoms with Gasteiger partial charge in [-0.25, -0.2) is 4.79 Å². The molecular formula is C33H30N2O5. The van der Waals surface area contributed by atoms with Gasteiger partial charge in [-0.15, -0.1) is 0 Å². The van der Waals surface area contributed by atoms with Crippen LogP contribution in [0, 0.1) is 5.92 Å². The Hall–Kier alpha value is -4.91. The number of fused-ring (bicyclic) bond motifs is 1. The van der Waals surface area contributed by atoms with Crippen molar-refractivity contribution in [3.05, 3.63) is 114 Å². The fourth-order valence-corrected chi connectivity index (χ4v) is 4.86. The van der Waals surface area contributed by atoms with Gasteiger partial charge in [0.15, 0.2) is 0 Å². The monoisotopic (exact) mass is 534 g/mol. The van der Waals surface area contributed by atoms with E-state index >= 15 is 0 Å². The highest BCUT2D eigenvalue weighted by Crippen LogP contribution is 2.32. The molecule has 1 heterocycles. The Morgan fingerprint density at radius 2 is 1.48 bits per heavy atom. The van der Waals surface area contributed by atoms with E-state index in [1.807, 2.05) is 86.6 Å². The summed E-state index contributed by atoms with van der Waals surface area (Å²) in [6.07, 6.45) is 0. The predicted octanol–water partition coefficient (Wildman–Crippen LogP) is 6.55. The van der Waals surface area contributed by atoms with E-state index in [4.69, 9.17) is 9.47 Å². The topological polar surface area (TPSA) is 84.9 Å². The van der Waals surface area contributed by atoms with Gasteiger partial charge in [-0.1, -0.05) is 56.3 Å². The fraction of sp³-hybridized carbons (Fsp3) is 0.182. The van der Waals surface area contributed by atoms with Crippen molar-refractivity contribution in [2.75, 3.05) is 12.4 Å². The molecule has 0 aromatic heterocycles. The first-order valence-corrected chi connectivity index (χ1v) is 13.1. The minimum absolute atomic E-state index is 0.0755. The molecule has 5 rings (SSSR count). The molecule has 0 saturated carbocycles. The highest BCUT2D eigenvalue weighted by Gasteiger charge is 2.38. The summed E-state index contributed by atoms with van der Waals surface area (Å²) in [5.74, 6) is 0.482. The van der Waals surface area contributed by atoms with Crippen molar-refractivity contribution in [2.24, 2.45) is 5.92 Å². The van der Waals surface area contributed by atoms with Crippen LogP contribution < -0.4 is 10.1 Å². The first-order chi connectivity index (χ1) is 19.3. The number of amides is 2. The average Bonchev–Trinajstić information content (AvgIpc) is 3.29. The minimum Gasteiger partial charge on any atom is -0.467 e. The van der Waals surface area contributed by atoms with Crippen LogP contribution in [-0.2, 0) is 16.1 Å². The number of para-hydroxylation sites is 1. The zero-order valence-electron chi connectivity index (χ0n) is 22.6. The van der Waals surface area contributed by atoms with Crippen molar-refractivity contribution in [2.45, 2.75) is 26.4 Å². The molecule has 1 atom stereocenters. The smallest absolute Gasteiger partial charge is 0.328 e. The first kappa shape index (κ1) is 26.7. The molecule has 40 heavy (non-hydrogen) atoms. The molecule has 0 bridgehead atoms. The molecule has 2 amide bonds. The largest absolute Gasteiger partial charge is 0.467 e. The molecule has 0 spiro atoms. The van der Waals surface area contributed by atoms with Crippen molar-refractivity contribution in [3.63, 3.8) is 0 Å². The molecule has 0 fully saturated rings. The number of hydrogen-bond acceptors (Lipinski definition) is 5. The summed E-state index contributed by atoms with van der Waals surface area (Å²) in [4.78, 5) is 40.0. The van der Waals surface area contributed by atoms with Crippen LogP contribution in [0.2, 0.25) is 0 Å². The number of nitrogens with one attached hydrogen (secondary N) is 1. The number of methoxy groups -OCH3 is 1. The fourth-order valence-electron chi connectivity index (χ4n) is 4.86. The molecule has 7 heteroatoms. The van der Waals surface area contributed by atoms with Crippen LogP contribution in [-0.4, -0.2) is 35.8 Å². The van der Waals surface area contributed by atoms with Gasteiger partial charge >= 0.3 is 5.97 Å². The molecular weight excluding hydrogens is 504 g/mol. The normalized spacial score (nSPS) is 13.1. The van der Waals surface area contributed by atoms with Crippen molar-refractivity contribution >= 4 is 23.5 Å². The third-order valence-electron chi connectivity index (χ3n) is 6.92. The van der Waals surface area contributed by atoms with Crippen LogP contribution in [0.5, 0.6) is 11.5 Å². The summed E-state index contributed by atoms with van der Waals surface area (Å²) in [7, 11) is 1.34. The van der Waals surface area contributed by atoms with E-state index in [9.17, 15) is 14.4 Å². The number of esters is 1. The number of rotatable bonds is 8. The van der Waals surface area contributed by atoms with Crippen molar-refractivity contribution < 1.29 is 23.9 Å². The minimum atomic E-state index is -0.635. The van der Waals surface area contributed by atoms with Gasteiger partial charge in [-0.2, -0.15) is 0 Å². The van der Waals surface area contributed by atoms with Crippen molar-refractivity contribution in [3.8, 4) is 22.6 Å². The lowest BCUT2D eigenvalue weighted by Gasteiger charge is -2.28. The Bertz CT molecular complexity index is 1530. The van der Waals surface area contributed by atoms with Crippen LogP contribution in [0.1, 0.15) is 40.1 Å². The van der Waals surface area contributed by atoms with Crippen LogP contribution in [0.4, 0.5) is 5.69 Å². The second kappa shape index (κ2) is 11.5. The van der Waals surface area contributed by atoms with Crippen LogP contribution >= 0.6 is 0 Å². The molecule has 1 aliphatic rings. The molecule has 202 valence electrons. The lowest BCUT2D eigenvalue weighted by molar-refractivity contribution is -0.147. The van der Waals surface area contributed by atoms with Gasteiger partial charge in [0.05, 0.1) is 7.11 Å². The van der Waals surface area contributed by atoms with E-state index in [1.54, 1.807) is 29.2 Å². The Morgan fingerprint density at radius 3 is 2.12 bits per heavy atom. The lowest BCUT2D eigenvalue weighted by Crippen LogP contribution is -2.45. The average molecular weight is 535 g/mol. The van der Waals surface area contributed by atoms with Gasteiger partial charge in [-0.05, 0) is 77.2 Å². The number of nitrogens with zero attached hydrogens (tertiary/aromatic N) is 1. The number of carbonyl (C=O) groups is 3. The molecule has 0 unspecified atom stereocenters. The van der Waals surface area contributed by atoms with Crippen molar-refractivity contribution in [1.29, 1.82) is 0 Å². The van der Waals surface area contributed by atoms with E-state index in [0.717, 1.165) is 22.4 Å². The van der Waals surface area contributed by atoms with Crippen molar-refractivity contribution in [1.82, 2.24) is 4.90 Å². The maximum absolute atomic E-state index is 13.2. The lowest BCUT2D eigenvalue weighted by atomic mass is 10.00. The van der Waals surface area contributed by atoms with Crippen LogP contribution in [0.15, 0.2) is 97.1 Å². The summed E-state index contributed by atoms with van der Waals surface area (Å²) in [6.45, 7) is 4.18. The van der Waals surface area contributed by atoms with Crippen LogP contribution in [0.3, 0.4) is 0 Å². The van der Waals surface area contributed by atoms with E-state index in [-0.39, 0.29) is 17.7 Å². The molecule has 0 saturated heterocycles. The molecule has 4 aromatic carbocycles.